The van der Waals surface area contributed by atoms with Gasteiger partial charge in [0.25, 0.3) is 5.69 Å². The molecule has 0 atom stereocenters. The smallest absolute Gasteiger partial charge is 0.292 e. The molecule has 1 aromatic carbocycles. The van der Waals surface area contributed by atoms with Crippen LogP contribution in [0.3, 0.4) is 0 Å². The topological polar surface area (TPSA) is 98.3 Å². The summed E-state index contributed by atoms with van der Waals surface area (Å²) in [6.07, 6.45) is 1.11. The molecule has 0 heterocycles. The Morgan fingerprint density at radius 3 is 2.50 bits per heavy atom. The number of rotatable bonds is 6. The van der Waals surface area contributed by atoms with Crippen molar-refractivity contribution in [2.24, 2.45) is 11.1 Å². The third kappa shape index (κ3) is 3.26. The number of carbonyl (C=O) groups is 1. The highest BCUT2D eigenvalue weighted by Gasteiger charge is 2.34. The minimum Gasteiger partial charge on any atom is -0.329 e. The van der Waals surface area contributed by atoms with E-state index in [0.29, 0.717) is 17.9 Å². The predicted molar refractivity (Wildman–Crippen MR) is 78.8 cm³/mol. The van der Waals surface area contributed by atoms with Crippen molar-refractivity contribution in [1.82, 2.24) is 0 Å². The zero-order valence-corrected chi connectivity index (χ0v) is 12.2. The lowest BCUT2D eigenvalue weighted by Gasteiger charge is -2.28. The first-order chi connectivity index (χ1) is 9.40. The second-order valence-corrected chi connectivity index (χ2v) is 5.00. The maximum absolute atomic E-state index is 12.4. The minimum atomic E-state index is -0.726. The number of benzene rings is 1. The Kier molecular flexibility index (Phi) is 5.47. The van der Waals surface area contributed by atoms with E-state index in [1.165, 1.54) is 18.2 Å². The molecule has 0 radical (unpaired) electrons. The predicted octanol–water partition coefficient (Wildman–Crippen LogP) is 2.95. The van der Waals surface area contributed by atoms with Gasteiger partial charge in [0.05, 0.1) is 10.3 Å². The number of hydrogen-bond acceptors (Lipinski definition) is 4. The summed E-state index contributed by atoms with van der Waals surface area (Å²) in [6.45, 7) is 3.91. The van der Waals surface area contributed by atoms with Gasteiger partial charge in [-0.25, -0.2) is 0 Å². The molecule has 0 aliphatic carbocycles. The molecule has 110 valence electrons. The highest BCUT2D eigenvalue weighted by atomic mass is 35.5. The standard InChI is InChI=1S/C13H18ClN3O3/c1-3-13(4-2,8-15)12(18)16-10-7-9(14)5-6-11(10)17(19)20/h5-7H,3-4,8,15H2,1-2H3,(H,16,18). The van der Waals surface area contributed by atoms with Crippen LogP contribution in [-0.2, 0) is 4.79 Å². The lowest BCUT2D eigenvalue weighted by molar-refractivity contribution is -0.383. The van der Waals surface area contributed by atoms with Gasteiger partial charge in [-0.2, -0.15) is 0 Å². The van der Waals surface area contributed by atoms with Gasteiger partial charge in [0, 0.05) is 17.6 Å². The summed E-state index contributed by atoms with van der Waals surface area (Å²) in [5.41, 5.74) is 4.86. The number of hydrogen-bond donors (Lipinski definition) is 2. The first-order valence-electron chi connectivity index (χ1n) is 6.35. The van der Waals surface area contributed by atoms with Crippen LogP contribution in [0.5, 0.6) is 0 Å². The quantitative estimate of drug-likeness (QED) is 0.623. The molecule has 6 nitrogen and oxygen atoms in total. The molecule has 3 N–H and O–H groups in total. The molecule has 0 aliphatic rings. The van der Waals surface area contributed by atoms with E-state index in [9.17, 15) is 14.9 Å². The third-order valence-corrected chi connectivity index (χ3v) is 3.86. The lowest BCUT2D eigenvalue weighted by Crippen LogP contribution is -2.41. The zero-order chi connectivity index (χ0) is 15.3. The Labute approximate surface area is 122 Å². The number of nitro benzene ring substituents is 1. The van der Waals surface area contributed by atoms with E-state index in [1.807, 2.05) is 13.8 Å². The van der Waals surface area contributed by atoms with Gasteiger partial charge in [0.2, 0.25) is 5.91 Å². The fourth-order valence-electron chi connectivity index (χ4n) is 1.97. The molecular weight excluding hydrogens is 282 g/mol. The minimum absolute atomic E-state index is 0.0900. The van der Waals surface area contributed by atoms with Crippen LogP contribution in [0, 0.1) is 15.5 Å². The molecule has 1 rings (SSSR count). The molecular formula is C13H18ClN3O3. The second kappa shape index (κ2) is 6.67. The van der Waals surface area contributed by atoms with Crippen molar-refractivity contribution >= 4 is 28.9 Å². The molecule has 0 fully saturated rings. The van der Waals surface area contributed by atoms with Crippen molar-refractivity contribution in [2.45, 2.75) is 26.7 Å². The summed E-state index contributed by atoms with van der Waals surface area (Å²) in [7, 11) is 0. The van der Waals surface area contributed by atoms with Gasteiger partial charge in [-0.3, -0.25) is 14.9 Å². The molecule has 1 aromatic rings. The molecule has 1 amide bonds. The molecule has 0 aromatic heterocycles. The average molecular weight is 300 g/mol. The van der Waals surface area contributed by atoms with Gasteiger partial charge in [0.1, 0.15) is 5.69 Å². The van der Waals surface area contributed by atoms with E-state index in [1.54, 1.807) is 0 Å². The monoisotopic (exact) mass is 299 g/mol. The van der Waals surface area contributed by atoms with Gasteiger partial charge in [-0.05, 0) is 25.0 Å². The van der Waals surface area contributed by atoms with Crippen molar-refractivity contribution in [1.29, 1.82) is 0 Å². The van der Waals surface area contributed by atoms with Crippen LogP contribution in [0.25, 0.3) is 0 Å². The fourth-order valence-corrected chi connectivity index (χ4v) is 2.15. The van der Waals surface area contributed by atoms with Crippen molar-refractivity contribution < 1.29 is 9.72 Å². The molecule has 0 saturated carbocycles. The van der Waals surface area contributed by atoms with Gasteiger partial charge < -0.3 is 11.1 Å². The maximum Gasteiger partial charge on any atom is 0.292 e. The van der Waals surface area contributed by atoms with Crippen LogP contribution >= 0.6 is 11.6 Å². The summed E-state index contributed by atoms with van der Waals surface area (Å²) in [5.74, 6) is -0.324. The number of nitro groups is 1. The number of nitrogens with zero attached hydrogens (tertiary/aromatic N) is 1. The normalized spacial score (nSPS) is 11.2. The zero-order valence-electron chi connectivity index (χ0n) is 11.5. The SMILES string of the molecule is CCC(CC)(CN)C(=O)Nc1cc(Cl)ccc1[N+](=O)[O-]. The van der Waals surface area contributed by atoms with Gasteiger partial charge in [0.15, 0.2) is 0 Å². The Morgan fingerprint density at radius 1 is 1.45 bits per heavy atom. The largest absolute Gasteiger partial charge is 0.329 e. The lowest BCUT2D eigenvalue weighted by atomic mass is 9.81. The van der Waals surface area contributed by atoms with E-state index in [2.05, 4.69) is 5.32 Å². The second-order valence-electron chi connectivity index (χ2n) is 4.56. The first-order valence-corrected chi connectivity index (χ1v) is 6.73. The highest BCUT2D eigenvalue weighted by Crippen LogP contribution is 2.31. The van der Waals surface area contributed by atoms with Crippen LogP contribution in [0.4, 0.5) is 11.4 Å². The van der Waals surface area contributed by atoms with E-state index in [4.69, 9.17) is 17.3 Å². The van der Waals surface area contributed by atoms with Crippen LogP contribution in [-0.4, -0.2) is 17.4 Å². The van der Waals surface area contributed by atoms with Gasteiger partial charge >= 0.3 is 0 Å². The average Bonchev–Trinajstić information content (AvgIpc) is 2.41. The molecule has 0 spiro atoms. The molecule has 0 bridgehead atoms. The highest BCUT2D eigenvalue weighted by molar-refractivity contribution is 6.31. The number of halogens is 1. The number of amides is 1. The number of nitrogens with two attached hydrogens (primary N) is 1. The van der Waals surface area contributed by atoms with E-state index in [-0.39, 0.29) is 23.8 Å². The van der Waals surface area contributed by atoms with E-state index < -0.39 is 10.3 Å². The summed E-state index contributed by atoms with van der Waals surface area (Å²) < 4.78 is 0. The van der Waals surface area contributed by atoms with Crippen molar-refractivity contribution in [3.8, 4) is 0 Å². The summed E-state index contributed by atoms with van der Waals surface area (Å²) >= 11 is 5.82. The summed E-state index contributed by atoms with van der Waals surface area (Å²) in [5, 5.41) is 13.9. The first kappa shape index (κ1) is 16.4. The molecule has 0 aliphatic heterocycles. The Balaban J connectivity index is 3.12. The van der Waals surface area contributed by atoms with E-state index in [0.717, 1.165) is 0 Å². The summed E-state index contributed by atoms with van der Waals surface area (Å²) in [4.78, 5) is 22.8. The Hall–Kier alpha value is -1.66. The molecule has 7 heteroatoms. The van der Waals surface area contributed by atoms with Crippen molar-refractivity contribution in [3.05, 3.63) is 33.3 Å². The van der Waals surface area contributed by atoms with Crippen molar-refractivity contribution in [2.75, 3.05) is 11.9 Å². The van der Waals surface area contributed by atoms with Gasteiger partial charge in [-0.15, -0.1) is 0 Å². The third-order valence-electron chi connectivity index (χ3n) is 3.63. The van der Waals surface area contributed by atoms with Crippen LogP contribution in [0.2, 0.25) is 5.02 Å². The summed E-state index contributed by atoms with van der Waals surface area (Å²) in [6, 6.07) is 4.04. The Morgan fingerprint density at radius 2 is 2.05 bits per heavy atom. The van der Waals surface area contributed by atoms with Gasteiger partial charge in [-0.1, -0.05) is 25.4 Å². The molecule has 20 heavy (non-hydrogen) atoms. The maximum atomic E-state index is 12.4. The number of carbonyl (C=O) groups excluding carboxylic acids is 1. The molecule has 0 unspecified atom stereocenters. The number of nitrogens with one attached hydrogen (secondary N) is 1. The van der Waals surface area contributed by atoms with Crippen LogP contribution in [0.1, 0.15) is 26.7 Å². The molecule has 0 saturated heterocycles. The van der Waals surface area contributed by atoms with Crippen LogP contribution < -0.4 is 11.1 Å². The van der Waals surface area contributed by atoms with E-state index >= 15 is 0 Å². The fraction of sp³-hybridized carbons (Fsp3) is 0.462. The van der Waals surface area contributed by atoms with Crippen molar-refractivity contribution in [3.63, 3.8) is 0 Å². The Bertz CT molecular complexity index is 507. The number of anilines is 1. The van der Waals surface area contributed by atoms with Crippen LogP contribution in [0.15, 0.2) is 18.2 Å².